The summed E-state index contributed by atoms with van der Waals surface area (Å²) < 4.78 is 18.9. The number of fused-ring (bicyclic) bond motifs is 1. The molecule has 1 N–H and O–H groups in total. The molecule has 0 spiro atoms. The van der Waals surface area contributed by atoms with E-state index in [1.165, 1.54) is 0 Å². The highest BCUT2D eigenvalue weighted by molar-refractivity contribution is 5.66. The molecule has 0 radical (unpaired) electrons. The van der Waals surface area contributed by atoms with Crippen LogP contribution in [0.5, 0.6) is 11.5 Å². The monoisotopic (exact) mass is 315 g/mol. The van der Waals surface area contributed by atoms with Gasteiger partial charge in [0.25, 0.3) is 0 Å². The van der Waals surface area contributed by atoms with Gasteiger partial charge in [-0.1, -0.05) is 0 Å². The number of rotatable bonds is 3. The minimum absolute atomic E-state index is 0.193. The number of imidazole rings is 1. The fraction of sp³-hybridized carbons (Fsp3) is 0.471. The second kappa shape index (κ2) is 5.86. The molecule has 23 heavy (non-hydrogen) atoms. The smallest absolute Gasteiger partial charge is 0.231 e. The van der Waals surface area contributed by atoms with E-state index in [1.807, 2.05) is 24.5 Å². The summed E-state index contributed by atoms with van der Waals surface area (Å²) in [5.41, 5.74) is 2.19. The lowest BCUT2D eigenvalue weighted by Crippen LogP contribution is -2.42. The molecule has 0 aliphatic carbocycles. The Bertz CT molecular complexity index is 713. The summed E-state index contributed by atoms with van der Waals surface area (Å²) in [6, 6.07) is 4.27. The van der Waals surface area contributed by atoms with Gasteiger partial charge in [0.05, 0.1) is 12.1 Å². The van der Waals surface area contributed by atoms with E-state index in [9.17, 15) is 0 Å². The fourth-order valence-corrected chi connectivity index (χ4v) is 3.44. The molecule has 1 saturated heterocycles. The number of hydrogen-bond donors (Lipinski definition) is 1. The van der Waals surface area contributed by atoms with Gasteiger partial charge in [-0.05, 0) is 37.6 Å². The van der Waals surface area contributed by atoms with Crippen molar-refractivity contribution in [3.05, 3.63) is 30.1 Å². The first-order valence-electron chi connectivity index (χ1n) is 7.95. The first-order valence-corrected chi connectivity index (χ1v) is 7.95. The van der Waals surface area contributed by atoms with E-state index < -0.39 is 0 Å². The zero-order chi connectivity index (χ0) is 15.8. The standard InChI is InChI=1S/C17H21N3O3/c1-11-7-15-16(23-10-22-15)8-12(11)17-19-5-6-20(17)13-9-18-4-3-14(13)21-2/h5-8,13-14,18H,3-4,9-10H2,1-2H3/t13-,14+/m1/s1. The Morgan fingerprint density at radius 1 is 1.30 bits per heavy atom. The van der Waals surface area contributed by atoms with Crippen molar-refractivity contribution in [3.8, 4) is 22.9 Å². The minimum atomic E-state index is 0.193. The lowest BCUT2D eigenvalue weighted by Gasteiger charge is -2.33. The number of piperidine rings is 1. The second-order valence-electron chi connectivity index (χ2n) is 6.01. The largest absolute Gasteiger partial charge is 0.454 e. The Balaban J connectivity index is 1.75. The highest BCUT2D eigenvalue weighted by atomic mass is 16.7. The van der Waals surface area contributed by atoms with Gasteiger partial charge in [0, 0.05) is 31.6 Å². The first kappa shape index (κ1) is 14.5. The van der Waals surface area contributed by atoms with Crippen molar-refractivity contribution in [1.82, 2.24) is 14.9 Å². The van der Waals surface area contributed by atoms with E-state index in [0.717, 1.165) is 48.0 Å². The van der Waals surface area contributed by atoms with Crippen molar-refractivity contribution in [3.63, 3.8) is 0 Å². The highest BCUT2D eigenvalue weighted by Gasteiger charge is 2.29. The summed E-state index contributed by atoms with van der Waals surface area (Å²) in [6.45, 7) is 4.22. The highest BCUT2D eigenvalue weighted by Crippen LogP contribution is 2.38. The Hall–Kier alpha value is -2.05. The van der Waals surface area contributed by atoms with Crippen LogP contribution in [0.1, 0.15) is 18.0 Å². The molecule has 2 aliphatic rings. The fourth-order valence-electron chi connectivity index (χ4n) is 3.44. The van der Waals surface area contributed by atoms with Crippen molar-refractivity contribution in [2.45, 2.75) is 25.5 Å². The van der Waals surface area contributed by atoms with E-state index in [1.54, 1.807) is 7.11 Å². The summed E-state index contributed by atoms with van der Waals surface area (Å²) in [4.78, 5) is 4.60. The SMILES string of the molecule is CO[C@H]1CCNC[C@H]1n1ccnc1-c1cc2c(cc1C)OCO2. The molecule has 6 heteroatoms. The molecule has 0 bridgehead atoms. The summed E-state index contributed by atoms with van der Waals surface area (Å²) in [6.07, 6.45) is 5.07. The summed E-state index contributed by atoms with van der Waals surface area (Å²) in [7, 11) is 1.78. The van der Waals surface area contributed by atoms with Gasteiger partial charge in [-0.2, -0.15) is 0 Å². The Kier molecular flexibility index (Phi) is 3.71. The minimum Gasteiger partial charge on any atom is -0.454 e. The molecule has 1 fully saturated rings. The molecule has 3 heterocycles. The summed E-state index contributed by atoms with van der Waals surface area (Å²) >= 11 is 0. The second-order valence-corrected chi connectivity index (χ2v) is 6.01. The van der Waals surface area contributed by atoms with Crippen molar-refractivity contribution < 1.29 is 14.2 Å². The van der Waals surface area contributed by atoms with Gasteiger partial charge < -0.3 is 24.1 Å². The third-order valence-corrected chi connectivity index (χ3v) is 4.68. The van der Waals surface area contributed by atoms with Gasteiger partial charge in [-0.25, -0.2) is 4.98 Å². The third-order valence-electron chi connectivity index (χ3n) is 4.68. The van der Waals surface area contributed by atoms with Crippen LogP contribution < -0.4 is 14.8 Å². The van der Waals surface area contributed by atoms with Crippen LogP contribution in [0.3, 0.4) is 0 Å². The van der Waals surface area contributed by atoms with Crippen LogP contribution in [-0.4, -0.2) is 42.6 Å². The number of nitrogens with one attached hydrogen (secondary N) is 1. The average molecular weight is 315 g/mol. The molecule has 2 atom stereocenters. The van der Waals surface area contributed by atoms with Gasteiger partial charge in [-0.15, -0.1) is 0 Å². The Labute approximate surface area is 135 Å². The number of benzene rings is 1. The molecule has 6 nitrogen and oxygen atoms in total. The number of ether oxygens (including phenoxy) is 3. The average Bonchev–Trinajstić information content (AvgIpc) is 3.22. The van der Waals surface area contributed by atoms with Gasteiger partial charge in [0.1, 0.15) is 5.82 Å². The lowest BCUT2D eigenvalue weighted by molar-refractivity contribution is 0.0365. The van der Waals surface area contributed by atoms with Gasteiger partial charge >= 0.3 is 0 Å². The van der Waals surface area contributed by atoms with Gasteiger partial charge in [0.15, 0.2) is 11.5 Å². The predicted octanol–water partition coefficient (Wildman–Crippen LogP) is 2.14. The Morgan fingerprint density at radius 2 is 2.13 bits per heavy atom. The molecule has 1 aromatic heterocycles. The molecule has 2 aliphatic heterocycles. The maximum Gasteiger partial charge on any atom is 0.231 e. The topological polar surface area (TPSA) is 57.5 Å². The van der Waals surface area contributed by atoms with Crippen LogP contribution in [0.2, 0.25) is 0 Å². The molecule has 122 valence electrons. The van der Waals surface area contributed by atoms with E-state index in [4.69, 9.17) is 14.2 Å². The molecule has 2 aromatic rings. The van der Waals surface area contributed by atoms with E-state index in [0.29, 0.717) is 0 Å². The Morgan fingerprint density at radius 3 is 2.96 bits per heavy atom. The number of hydrogen-bond acceptors (Lipinski definition) is 5. The number of nitrogens with zero attached hydrogens (tertiary/aromatic N) is 2. The van der Waals surface area contributed by atoms with Crippen LogP contribution in [-0.2, 0) is 4.74 Å². The molecule has 0 unspecified atom stereocenters. The molecular formula is C17H21N3O3. The zero-order valence-electron chi connectivity index (χ0n) is 13.4. The van der Waals surface area contributed by atoms with Crippen molar-refractivity contribution >= 4 is 0 Å². The van der Waals surface area contributed by atoms with Crippen molar-refractivity contribution in [1.29, 1.82) is 0 Å². The van der Waals surface area contributed by atoms with Crippen LogP contribution >= 0.6 is 0 Å². The number of aromatic nitrogens is 2. The first-order chi connectivity index (χ1) is 11.3. The normalized spacial score (nSPS) is 23.2. The van der Waals surface area contributed by atoms with Crippen LogP contribution in [0.25, 0.3) is 11.4 Å². The van der Waals surface area contributed by atoms with Crippen LogP contribution in [0, 0.1) is 6.92 Å². The van der Waals surface area contributed by atoms with E-state index in [2.05, 4.69) is 21.8 Å². The molecule has 1 aromatic carbocycles. The zero-order valence-corrected chi connectivity index (χ0v) is 13.4. The van der Waals surface area contributed by atoms with E-state index >= 15 is 0 Å². The molecule has 0 saturated carbocycles. The van der Waals surface area contributed by atoms with Gasteiger partial charge in [0.2, 0.25) is 6.79 Å². The van der Waals surface area contributed by atoms with E-state index in [-0.39, 0.29) is 18.9 Å². The van der Waals surface area contributed by atoms with Crippen LogP contribution in [0.4, 0.5) is 0 Å². The van der Waals surface area contributed by atoms with Gasteiger partial charge in [-0.3, -0.25) is 0 Å². The number of methoxy groups -OCH3 is 1. The number of aryl methyl sites for hydroxylation is 1. The quantitative estimate of drug-likeness (QED) is 0.940. The lowest BCUT2D eigenvalue weighted by atomic mass is 10.0. The molecule has 0 amide bonds. The third kappa shape index (κ3) is 2.48. The predicted molar refractivity (Wildman–Crippen MR) is 85.8 cm³/mol. The maximum absolute atomic E-state index is 5.69. The van der Waals surface area contributed by atoms with Crippen molar-refractivity contribution in [2.75, 3.05) is 27.0 Å². The summed E-state index contributed by atoms with van der Waals surface area (Å²) in [5, 5.41) is 3.45. The molecular weight excluding hydrogens is 294 g/mol. The van der Waals surface area contributed by atoms with Crippen molar-refractivity contribution in [2.24, 2.45) is 0 Å². The maximum atomic E-state index is 5.69. The molecule has 4 rings (SSSR count). The summed E-state index contributed by atoms with van der Waals surface area (Å²) in [5.74, 6) is 2.53. The van der Waals surface area contributed by atoms with Crippen LogP contribution in [0.15, 0.2) is 24.5 Å².